The quantitative estimate of drug-likeness (QED) is 0.733. The molecule has 2 saturated carbocycles. The number of hydrogen-bond donors (Lipinski definition) is 1. The molecule has 0 radical (unpaired) electrons. The molecule has 2 aromatic carbocycles. The molecule has 5 rings (SSSR count). The fourth-order valence-corrected chi connectivity index (χ4v) is 5.05. The molecule has 1 N–H and O–H groups in total. The first-order chi connectivity index (χ1) is 14.0. The van der Waals surface area contributed by atoms with E-state index < -0.39 is 5.97 Å². The minimum absolute atomic E-state index is 0.144. The molecule has 1 aliphatic heterocycles. The average molecular weight is 396 g/mol. The van der Waals surface area contributed by atoms with Crippen molar-refractivity contribution >= 4 is 5.97 Å². The van der Waals surface area contributed by atoms with Crippen molar-refractivity contribution in [2.75, 3.05) is 0 Å². The largest absolute Gasteiger partial charge is 0.489 e. The first-order valence-electron chi connectivity index (χ1n) is 10.4. The van der Waals surface area contributed by atoms with Crippen molar-refractivity contribution in [3.8, 4) is 11.5 Å². The normalized spacial score (nSPS) is 20.3. The molecular weight excluding hydrogens is 371 g/mol. The van der Waals surface area contributed by atoms with Gasteiger partial charge in [0, 0.05) is 23.0 Å². The summed E-state index contributed by atoms with van der Waals surface area (Å²) in [6.45, 7) is 0.246. The molecule has 0 aromatic heterocycles. The van der Waals surface area contributed by atoms with E-state index in [1.54, 1.807) is 6.07 Å². The molecule has 0 unspecified atom stereocenters. The SMILES string of the molecule is O=C(O)CC1(c2ccc(OCc3cc(F)cc4c3OC3(CCCC3)C4)cc2)CC1. The highest BCUT2D eigenvalue weighted by molar-refractivity contribution is 5.70. The van der Waals surface area contributed by atoms with Crippen LogP contribution in [0.4, 0.5) is 4.39 Å². The standard InChI is InChI=1S/C24H25FO4/c25-19-11-16-13-24(7-1-2-8-24)29-22(16)17(12-19)15-28-20-5-3-18(4-6-20)23(9-10-23)14-21(26)27/h3-6,11-12H,1-2,7-10,13-15H2,(H,26,27). The molecule has 0 saturated heterocycles. The van der Waals surface area contributed by atoms with Gasteiger partial charge in [-0.25, -0.2) is 4.39 Å². The van der Waals surface area contributed by atoms with E-state index in [0.717, 1.165) is 67.4 Å². The Morgan fingerprint density at radius 1 is 1.10 bits per heavy atom. The van der Waals surface area contributed by atoms with Gasteiger partial charge < -0.3 is 14.6 Å². The molecule has 5 heteroatoms. The lowest BCUT2D eigenvalue weighted by Gasteiger charge is -2.23. The summed E-state index contributed by atoms with van der Waals surface area (Å²) in [5.41, 5.74) is 2.39. The number of benzene rings is 2. The number of fused-ring (bicyclic) bond motifs is 1. The molecular formula is C24H25FO4. The van der Waals surface area contributed by atoms with Crippen molar-refractivity contribution in [2.45, 2.75) is 69.0 Å². The molecule has 2 fully saturated rings. The predicted molar refractivity (Wildman–Crippen MR) is 106 cm³/mol. The summed E-state index contributed by atoms with van der Waals surface area (Å²) in [6, 6.07) is 10.7. The first kappa shape index (κ1) is 18.5. The number of aliphatic carboxylic acids is 1. The third kappa shape index (κ3) is 3.47. The van der Waals surface area contributed by atoms with Crippen LogP contribution in [0.1, 0.15) is 61.6 Å². The van der Waals surface area contributed by atoms with Crippen molar-refractivity contribution in [2.24, 2.45) is 0 Å². The molecule has 1 spiro atoms. The van der Waals surface area contributed by atoms with Crippen LogP contribution in [-0.4, -0.2) is 16.7 Å². The molecule has 152 valence electrons. The van der Waals surface area contributed by atoms with Gasteiger partial charge in [0.2, 0.25) is 0 Å². The van der Waals surface area contributed by atoms with Crippen molar-refractivity contribution in [1.29, 1.82) is 0 Å². The topological polar surface area (TPSA) is 55.8 Å². The molecule has 1 heterocycles. The minimum atomic E-state index is -0.761. The van der Waals surface area contributed by atoms with Crippen LogP contribution in [0.5, 0.6) is 11.5 Å². The van der Waals surface area contributed by atoms with Crippen LogP contribution < -0.4 is 9.47 Å². The van der Waals surface area contributed by atoms with Crippen molar-refractivity contribution < 1.29 is 23.8 Å². The van der Waals surface area contributed by atoms with E-state index in [9.17, 15) is 9.18 Å². The van der Waals surface area contributed by atoms with Gasteiger partial charge in [0.05, 0.1) is 6.42 Å². The second kappa shape index (κ2) is 6.75. The predicted octanol–water partition coefficient (Wildman–Crippen LogP) is 5.16. The van der Waals surface area contributed by atoms with E-state index in [4.69, 9.17) is 14.6 Å². The van der Waals surface area contributed by atoms with Crippen molar-refractivity contribution in [1.82, 2.24) is 0 Å². The van der Waals surface area contributed by atoms with Gasteiger partial charge in [0.25, 0.3) is 0 Å². The highest BCUT2D eigenvalue weighted by Gasteiger charge is 2.46. The lowest BCUT2D eigenvalue weighted by molar-refractivity contribution is -0.137. The summed E-state index contributed by atoms with van der Waals surface area (Å²) >= 11 is 0. The highest BCUT2D eigenvalue weighted by atomic mass is 19.1. The minimum Gasteiger partial charge on any atom is -0.489 e. The molecule has 4 nitrogen and oxygen atoms in total. The van der Waals surface area contributed by atoms with E-state index in [-0.39, 0.29) is 29.9 Å². The maximum absolute atomic E-state index is 14.2. The van der Waals surface area contributed by atoms with E-state index in [2.05, 4.69) is 0 Å². The Hall–Kier alpha value is -2.56. The summed E-state index contributed by atoms with van der Waals surface area (Å²) < 4.78 is 26.4. The number of ether oxygens (including phenoxy) is 2. The summed E-state index contributed by atoms with van der Waals surface area (Å²) in [6.07, 6.45) is 7.17. The van der Waals surface area contributed by atoms with E-state index in [0.29, 0.717) is 5.75 Å². The Morgan fingerprint density at radius 3 is 2.48 bits per heavy atom. The second-order valence-electron chi connectivity index (χ2n) is 8.89. The third-order valence-corrected chi connectivity index (χ3v) is 6.76. The average Bonchev–Trinajstić information content (AvgIpc) is 3.16. The molecule has 2 aromatic rings. The molecule has 3 aliphatic rings. The molecule has 0 atom stereocenters. The Labute approximate surface area is 169 Å². The van der Waals surface area contributed by atoms with Crippen LogP contribution in [0.15, 0.2) is 36.4 Å². The van der Waals surface area contributed by atoms with Gasteiger partial charge in [-0.2, -0.15) is 0 Å². The Kier molecular flexibility index (Phi) is 4.30. The number of halogens is 1. The molecule has 2 aliphatic carbocycles. The molecule has 29 heavy (non-hydrogen) atoms. The lowest BCUT2D eigenvalue weighted by atomic mass is 9.92. The van der Waals surface area contributed by atoms with Gasteiger partial charge in [-0.1, -0.05) is 12.1 Å². The Balaban J connectivity index is 1.30. The van der Waals surface area contributed by atoms with E-state index in [1.807, 2.05) is 24.3 Å². The monoisotopic (exact) mass is 396 g/mol. The summed E-state index contributed by atoms with van der Waals surface area (Å²) in [7, 11) is 0. The number of hydrogen-bond acceptors (Lipinski definition) is 3. The Morgan fingerprint density at radius 2 is 1.83 bits per heavy atom. The highest BCUT2D eigenvalue weighted by Crippen LogP contribution is 2.51. The number of carboxylic acids is 1. The maximum Gasteiger partial charge on any atom is 0.304 e. The van der Waals surface area contributed by atoms with Gasteiger partial charge in [-0.3, -0.25) is 4.79 Å². The Bertz CT molecular complexity index is 940. The fourth-order valence-electron chi connectivity index (χ4n) is 5.05. The van der Waals surface area contributed by atoms with Gasteiger partial charge in [-0.05, 0) is 68.4 Å². The fraction of sp³-hybridized carbons (Fsp3) is 0.458. The van der Waals surface area contributed by atoms with Crippen LogP contribution in [0.3, 0.4) is 0 Å². The molecule has 0 amide bonds. The molecule has 0 bridgehead atoms. The summed E-state index contributed by atoms with van der Waals surface area (Å²) in [5.74, 6) is 0.471. The lowest BCUT2D eigenvalue weighted by Crippen LogP contribution is -2.30. The zero-order valence-corrected chi connectivity index (χ0v) is 16.4. The number of carbonyl (C=O) groups is 1. The van der Waals surface area contributed by atoms with Crippen molar-refractivity contribution in [3.63, 3.8) is 0 Å². The zero-order valence-electron chi connectivity index (χ0n) is 16.4. The van der Waals surface area contributed by atoms with Gasteiger partial charge in [0.15, 0.2) is 0 Å². The van der Waals surface area contributed by atoms with Gasteiger partial charge in [-0.15, -0.1) is 0 Å². The smallest absolute Gasteiger partial charge is 0.304 e. The van der Waals surface area contributed by atoms with Gasteiger partial charge >= 0.3 is 5.97 Å². The second-order valence-corrected chi connectivity index (χ2v) is 8.89. The third-order valence-electron chi connectivity index (χ3n) is 6.76. The van der Waals surface area contributed by atoms with Crippen LogP contribution in [-0.2, 0) is 23.2 Å². The summed E-state index contributed by atoms with van der Waals surface area (Å²) in [5, 5.41) is 9.12. The number of carboxylic acid groups (broad SMARTS) is 1. The first-order valence-corrected chi connectivity index (χ1v) is 10.4. The maximum atomic E-state index is 14.2. The van der Waals surface area contributed by atoms with E-state index in [1.165, 1.54) is 6.07 Å². The van der Waals surface area contributed by atoms with Crippen LogP contribution in [0.25, 0.3) is 0 Å². The zero-order chi connectivity index (χ0) is 20.1. The van der Waals surface area contributed by atoms with E-state index >= 15 is 0 Å². The number of rotatable bonds is 6. The van der Waals surface area contributed by atoms with Crippen LogP contribution in [0, 0.1) is 5.82 Å². The van der Waals surface area contributed by atoms with Gasteiger partial charge in [0.1, 0.15) is 29.5 Å². The van der Waals surface area contributed by atoms with Crippen LogP contribution >= 0.6 is 0 Å². The summed E-state index contributed by atoms with van der Waals surface area (Å²) in [4.78, 5) is 11.1. The van der Waals surface area contributed by atoms with Crippen LogP contribution in [0.2, 0.25) is 0 Å². The van der Waals surface area contributed by atoms with Crippen molar-refractivity contribution in [3.05, 3.63) is 58.9 Å².